The van der Waals surface area contributed by atoms with Crippen molar-refractivity contribution in [3.05, 3.63) is 47.5 Å². The Bertz CT molecular complexity index is 537. The summed E-state index contributed by atoms with van der Waals surface area (Å²) in [5.41, 5.74) is 1.16. The minimum atomic E-state index is -0.398. The van der Waals surface area contributed by atoms with Crippen molar-refractivity contribution in [3.63, 3.8) is 0 Å². The summed E-state index contributed by atoms with van der Waals surface area (Å²) in [5, 5.41) is 0.603. The van der Waals surface area contributed by atoms with Crippen LogP contribution in [0.1, 0.15) is 17.4 Å². The second-order valence-corrected chi connectivity index (χ2v) is 3.79. The highest BCUT2D eigenvalue weighted by Crippen LogP contribution is 2.16. The third kappa shape index (κ3) is 2.47. The van der Waals surface area contributed by atoms with Gasteiger partial charge in [-0.25, -0.2) is 9.78 Å². The van der Waals surface area contributed by atoms with Crippen LogP contribution in [0.3, 0.4) is 0 Å². The van der Waals surface area contributed by atoms with E-state index < -0.39 is 5.97 Å². The fourth-order valence-electron chi connectivity index (χ4n) is 1.48. The van der Waals surface area contributed by atoms with Crippen molar-refractivity contribution in [3.8, 4) is 5.69 Å². The third-order valence-electron chi connectivity index (χ3n) is 2.21. The maximum atomic E-state index is 11.7. The summed E-state index contributed by atoms with van der Waals surface area (Å²) in [5.74, 6) is -0.398. The zero-order valence-electron chi connectivity index (χ0n) is 9.26. The molecule has 0 saturated heterocycles. The van der Waals surface area contributed by atoms with E-state index in [1.807, 2.05) is 12.1 Å². The van der Waals surface area contributed by atoms with Gasteiger partial charge in [0.15, 0.2) is 5.69 Å². The third-order valence-corrected chi connectivity index (χ3v) is 2.44. The number of halogens is 1. The van der Waals surface area contributed by atoms with Gasteiger partial charge in [0.05, 0.1) is 19.1 Å². The highest BCUT2D eigenvalue weighted by molar-refractivity contribution is 6.30. The van der Waals surface area contributed by atoms with Crippen LogP contribution in [-0.4, -0.2) is 22.1 Å². The van der Waals surface area contributed by atoms with Gasteiger partial charge in [0.25, 0.3) is 0 Å². The molecule has 0 fully saturated rings. The summed E-state index contributed by atoms with van der Waals surface area (Å²) in [6, 6.07) is 7.18. The quantitative estimate of drug-likeness (QED) is 0.787. The number of ether oxygens (including phenoxy) is 1. The molecule has 0 saturated carbocycles. The molecule has 1 aromatic carbocycles. The lowest BCUT2D eigenvalue weighted by Crippen LogP contribution is -2.10. The van der Waals surface area contributed by atoms with E-state index in [1.165, 1.54) is 6.20 Å². The molecule has 0 N–H and O–H groups in total. The Morgan fingerprint density at radius 3 is 3.06 bits per heavy atom. The Morgan fingerprint density at radius 2 is 2.35 bits per heavy atom. The fraction of sp³-hybridized carbons (Fsp3) is 0.167. The fourth-order valence-corrected chi connectivity index (χ4v) is 1.67. The van der Waals surface area contributed by atoms with E-state index in [0.29, 0.717) is 17.3 Å². The van der Waals surface area contributed by atoms with E-state index >= 15 is 0 Å². The van der Waals surface area contributed by atoms with Crippen molar-refractivity contribution in [2.45, 2.75) is 6.92 Å². The van der Waals surface area contributed by atoms with Crippen LogP contribution in [0.5, 0.6) is 0 Å². The number of benzene rings is 1. The second kappa shape index (κ2) is 5.01. The molecule has 2 aromatic rings. The van der Waals surface area contributed by atoms with Crippen LogP contribution in [0.4, 0.5) is 0 Å². The summed E-state index contributed by atoms with van der Waals surface area (Å²) < 4.78 is 6.59. The van der Waals surface area contributed by atoms with Crippen LogP contribution in [0.2, 0.25) is 5.02 Å². The minimum Gasteiger partial charge on any atom is -0.461 e. The van der Waals surface area contributed by atoms with E-state index in [4.69, 9.17) is 16.3 Å². The summed E-state index contributed by atoms with van der Waals surface area (Å²) in [6.07, 6.45) is 3.02. The van der Waals surface area contributed by atoms with Gasteiger partial charge in [-0.1, -0.05) is 17.7 Å². The Hall–Kier alpha value is -1.81. The lowest BCUT2D eigenvalue weighted by Gasteiger charge is -2.07. The Morgan fingerprint density at radius 1 is 1.53 bits per heavy atom. The van der Waals surface area contributed by atoms with Crippen molar-refractivity contribution < 1.29 is 9.53 Å². The number of carbonyl (C=O) groups is 1. The summed E-state index contributed by atoms with van der Waals surface area (Å²) >= 11 is 5.90. The Kier molecular flexibility index (Phi) is 3.44. The number of imidazole rings is 1. The van der Waals surface area contributed by atoms with Crippen molar-refractivity contribution in [1.29, 1.82) is 0 Å². The van der Waals surface area contributed by atoms with Gasteiger partial charge >= 0.3 is 5.97 Å². The van der Waals surface area contributed by atoms with Gasteiger partial charge in [-0.05, 0) is 25.1 Å². The number of rotatable bonds is 3. The van der Waals surface area contributed by atoms with Crippen molar-refractivity contribution >= 4 is 17.6 Å². The van der Waals surface area contributed by atoms with Gasteiger partial charge in [-0.2, -0.15) is 0 Å². The first kappa shape index (κ1) is 11.7. The number of hydrogen-bond donors (Lipinski definition) is 0. The number of carbonyl (C=O) groups excluding carboxylic acids is 1. The number of nitrogens with zero attached hydrogens (tertiary/aromatic N) is 2. The van der Waals surface area contributed by atoms with Crippen molar-refractivity contribution in [2.24, 2.45) is 0 Å². The van der Waals surface area contributed by atoms with Gasteiger partial charge in [0.1, 0.15) is 0 Å². The van der Waals surface area contributed by atoms with Crippen LogP contribution < -0.4 is 0 Å². The lowest BCUT2D eigenvalue weighted by molar-refractivity contribution is 0.0517. The first-order valence-corrected chi connectivity index (χ1v) is 5.55. The predicted molar refractivity (Wildman–Crippen MR) is 64.5 cm³/mol. The molecule has 88 valence electrons. The van der Waals surface area contributed by atoms with E-state index in [-0.39, 0.29) is 0 Å². The molecule has 4 nitrogen and oxygen atoms in total. The summed E-state index contributed by atoms with van der Waals surface area (Å²) in [7, 11) is 0. The predicted octanol–water partition coefficient (Wildman–Crippen LogP) is 2.70. The smallest absolute Gasteiger partial charge is 0.356 e. The first-order valence-electron chi connectivity index (χ1n) is 5.17. The van der Waals surface area contributed by atoms with E-state index in [2.05, 4.69) is 4.98 Å². The van der Waals surface area contributed by atoms with Crippen LogP contribution >= 0.6 is 11.6 Å². The maximum Gasteiger partial charge on any atom is 0.356 e. The molecule has 17 heavy (non-hydrogen) atoms. The molecule has 0 radical (unpaired) electrons. The molecule has 0 amide bonds. The zero-order chi connectivity index (χ0) is 12.3. The minimum absolute atomic E-state index is 0.333. The van der Waals surface area contributed by atoms with Crippen LogP contribution in [0.15, 0.2) is 36.8 Å². The standard InChI is InChI=1S/C12H11ClN2O2/c1-2-17-12(16)11-7-14-8-15(11)10-5-3-4-9(13)6-10/h3-8H,2H2,1H3. The number of hydrogen-bond acceptors (Lipinski definition) is 3. The van der Waals surface area contributed by atoms with E-state index in [0.717, 1.165) is 5.69 Å². The molecular formula is C12H11ClN2O2. The van der Waals surface area contributed by atoms with Gasteiger partial charge < -0.3 is 4.74 Å². The Labute approximate surface area is 104 Å². The average molecular weight is 251 g/mol. The summed E-state index contributed by atoms with van der Waals surface area (Å²) in [6.45, 7) is 2.09. The summed E-state index contributed by atoms with van der Waals surface area (Å²) in [4.78, 5) is 15.6. The van der Waals surface area contributed by atoms with Gasteiger partial charge in [-0.15, -0.1) is 0 Å². The molecule has 0 aliphatic rings. The highest BCUT2D eigenvalue weighted by atomic mass is 35.5. The number of esters is 1. The monoisotopic (exact) mass is 250 g/mol. The highest BCUT2D eigenvalue weighted by Gasteiger charge is 2.13. The van der Waals surface area contributed by atoms with Gasteiger partial charge in [-0.3, -0.25) is 4.57 Å². The maximum absolute atomic E-state index is 11.7. The normalized spacial score (nSPS) is 10.2. The first-order chi connectivity index (χ1) is 8.22. The largest absolute Gasteiger partial charge is 0.461 e. The van der Waals surface area contributed by atoms with Gasteiger partial charge in [0, 0.05) is 10.7 Å². The molecule has 1 aromatic heterocycles. The van der Waals surface area contributed by atoms with E-state index in [9.17, 15) is 4.79 Å². The average Bonchev–Trinajstić information content (AvgIpc) is 2.78. The molecule has 0 unspecified atom stereocenters. The van der Waals surface area contributed by atoms with Crippen molar-refractivity contribution in [1.82, 2.24) is 9.55 Å². The van der Waals surface area contributed by atoms with E-state index in [1.54, 1.807) is 30.0 Å². The molecular weight excluding hydrogens is 240 g/mol. The topological polar surface area (TPSA) is 44.1 Å². The van der Waals surface area contributed by atoms with Gasteiger partial charge in [0.2, 0.25) is 0 Å². The lowest BCUT2D eigenvalue weighted by atomic mass is 10.3. The molecule has 1 heterocycles. The van der Waals surface area contributed by atoms with Crippen LogP contribution in [0, 0.1) is 0 Å². The Balaban J connectivity index is 2.40. The van der Waals surface area contributed by atoms with Crippen LogP contribution in [-0.2, 0) is 4.74 Å². The molecule has 0 aliphatic heterocycles. The molecule has 5 heteroatoms. The molecule has 0 atom stereocenters. The zero-order valence-corrected chi connectivity index (χ0v) is 10.0. The molecule has 0 aliphatic carbocycles. The SMILES string of the molecule is CCOC(=O)c1cncn1-c1cccc(Cl)c1. The molecule has 0 bridgehead atoms. The molecule has 0 spiro atoms. The van der Waals surface area contributed by atoms with Crippen LogP contribution in [0.25, 0.3) is 5.69 Å². The second-order valence-electron chi connectivity index (χ2n) is 3.35. The molecule has 2 rings (SSSR count). The van der Waals surface area contributed by atoms with Crippen molar-refractivity contribution in [2.75, 3.05) is 6.61 Å². The number of aromatic nitrogens is 2.